The number of amides is 3. The number of hydrogen-bond acceptors (Lipinski definition) is 3. The summed E-state index contributed by atoms with van der Waals surface area (Å²) in [7, 11) is 0. The van der Waals surface area contributed by atoms with E-state index in [9.17, 15) is 14.4 Å². The first-order valence-corrected chi connectivity index (χ1v) is 8.49. The first kappa shape index (κ1) is 19.2. The van der Waals surface area contributed by atoms with Crippen molar-refractivity contribution in [1.82, 2.24) is 5.32 Å². The second-order valence-corrected chi connectivity index (χ2v) is 6.17. The molecule has 0 bridgehead atoms. The number of hydrogen-bond donors (Lipinski definition) is 3. The quantitative estimate of drug-likeness (QED) is 0.661. The van der Waals surface area contributed by atoms with Crippen molar-refractivity contribution < 1.29 is 14.4 Å². The fraction of sp³-hybridized carbons (Fsp3) is 0.250. The third-order valence-corrected chi connectivity index (χ3v) is 3.52. The van der Waals surface area contributed by atoms with E-state index in [-0.39, 0.29) is 36.6 Å². The lowest BCUT2D eigenvalue weighted by Gasteiger charge is -2.11. The van der Waals surface area contributed by atoms with Gasteiger partial charge in [0, 0.05) is 35.8 Å². The molecule has 3 amide bonds. The Morgan fingerprint density at radius 2 is 1.38 bits per heavy atom. The van der Waals surface area contributed by atoms with Crippen LogP contribution in [0.5, 0.6) is 0 Å². The number of anilines is 2. The van der Waals surface area contributed by atoms with E-state index in [1.165, 1.54) is 0 Å². The van der Waals surface area contributed by atoms with Gasteiger partial charge >= 0.3 is 6.03 Å². The summed E-state index contributed by atoms with van der Waals surface area (Å²) in [4.78, 5) is 35.6. The predicted octanol–water partition coefficient (Wildman–Crippen LogP) is 3.82. The number of nitrogens with one attached hydrogen (secondary N) is 3. The summed E-state index contributed by atoms with van der Waals surface area (Å²) in [6.45, 7) is 3.75. The van der Waals surface area contributed by atoms with Crippen molar-refractivity contribution in [3.63, 3.8) is 0 Å². The fourth-order valence-electron chi connectivity index (χ4n) is 2.29. The summed E-state index contributed by atoms with van der Waals surface area (Å²) in [6, 6.07) is 15.5. The van der Waals surface area contributed by atoms with Crippen molar-refractivity contribution in [2.75, 3.05) is 10.6 Å². The average molecular weight is 353 g/mol. The van der Waals surface area contributed by atoms with Gasteiger partial charge in [0.05, 0.1) is 0 Å². The van der Waals surface area contributed by atoms with Crippen LogP contribution in [0.15, 0.2) is 54.6 Å². The van der Waals surface area contributed by atoms with Gasteiger partial charge in [-0.2, -0.15) is 0 Å². The highest BCUT2D eigenvalue weighted by Gasteiger charge is 2.09. The monoisotopic (exact) mass is 353 g/mol. The second-order valence-electron chi connectivity index (χ2n) is 6.17. The fourth-order valence-corrected chi connectivity index (χ4v) is 2.29. The number of carbonyl (C=O) groups excluding carboxylic acids is 3. The Kier molecular flexibility index (Phi) is 6.91. The summed E-state index contributed by atoms with van der Waals surface area (Å²) in [5.74, 6) is -0.288. The molecule has 2 aromatic carbocycles. The van der Waals surface area contributed by atoms with E-state index in [2.05, 4.69) is 16.0 Å². The summed E-state index contributed by atoms with van der Waals surface area (Å²) >= 11 is 0. The van der Waals surface area contributed by atoms with Gasteiger partial charge < -0.3 is 16.0 Å². The molecule has 0 saturated carbocycles. The number of ketones is 1. The molecule has 0 atom stereocenters. The third-order valence-electron chi connectivity index (χ3n) is 3.52. The predicted molar refractivity (Wildman–Crippen MR) is 102 cm³/mol. The lowest BCUT2D eigenvalue weighted by atomic mass is 10.1. The summed E-state index contributed by atoms with van der Waals surface area (Å²) in [6.07, 6.45) is 0.273. The van der Waals surface area contributed by atoms with Crippen LogP contribution in [0.25, 0.3) is 0 Å². The molecule has 0 aliphatic heterocycles. The first-order valence-electron chi connectivity index (χ1n) is 8.49. The van der Waals surface area contributed by atoms with Gasteiger partial charge in [0.25, 0.3) is 0 Å². The minimum absolute atomic E-state index is 0.0483. The minimum atomic E-state index is -0.281. The molecule has 0 aliphatic carbocycles. The maximum absolute atomic E-state index is 12.0. The Morgan fingerprint density at radius 3 is 1.96 bits per heavy atom. The van der Waals surface area contributed by atoms with Crippen LogP contribution in [0.2, 0.25) is 0 Å². The van der Waals surface area contributed by atoms with E-state index in [0.29, 0.717) is 16.9 Å². The Labute approximate surface area is 153 Å². The van der Waals surface area contributed by atoms with Crippen molar-refractivity contribution in [2.24, 2.45) is 0 Å². The Morgan fingerprint density at radius 1 is 0.808 bits per heavy atom. The number of Topliss-reactive ketones (excluding diaryl/α,β-unsaturated/α-hetero) is 1. The van der Waals surface area contributed by atoms with Gasteiger partial charge in [0.2, 0.25) is 5.91 Å². The largest absolute Gasteiger partial charge is 0.336 e. The SMILES string of the molecule is CC(C)NC(=O)Nc1ccc(NC(=O)CCC(=O)c2ccccc2)cc1. The average Bonchev–Trinajstić information content (AvgIpc) is 2.61. The smallest absolute Gasteiger partial charge is 0.319 e. The van der Waals surface area contributed by atoms with Crippen molar-refractivity contribution >= 4 is 29.1 Å². The topological polar surface area (TPSA) is 87.3 Å². The highest BCUT2D eigenvalue weighted by atomic mass is 16.2. The zero-order chi connectivity index (χ0) is 18.9. The molecule has 0 radical (unpaired) electrons. The van der Waals surface area contributed by atoms with Gasteiger partial charge in [-0.3, -0.25) is 9.59 Å². The van der Waals surface area contributed by atoms with Crippen LogP contribution in [0, 0.1) is 0 Å². The molecule has 0 unspecified atom stereocenters. The molecule has 2 aromatic rings. The summed E-state index contributed by atoms with van der Waals surface area (Å²) < 4.78 is 0. The minimum Gasteiger partial charge on any atom is -0.336 e. The summed E-state index contributed by atoms with van der Waals surface area (Å²) in [5, 5.41) is 8.17. The number of benzene rings is 2. The lowest BCUT2D eigenvalue weighted by Crippen LogP contribution is -2.34. The number of rotatable bonds is 7. The maximum atomic E-state index is 12.0. The van der Waals surface area contributed by atoms with E-state index in [1.54, 1.807) is 48.5 Å². The standard InChI is InChI=1S/C20H23N3O3/c1-14(2)21-20(26)23-17-10-8-16(9-11-17)22-19(25)13-12-18(24)15-6-4-3-5-7-15/h3-11,14H,12-13H2,1-2H3,(H,22,25)(H2,21,23,26). The van der Waals surface area contributed by atoms with Crippen LogP contribution < -0.4 is 16.0 Å². The first-order chi connectivity index (χ1) is 12.4. The normalized spacial score (nSPS) is 10.3. The Balaban J connectivity index is 1.80. The highest BCUT2D eigenvalue weighted by molar-refractivity contribution is 6.00. The van der Waals surface area contributed by atoms with Crippen LogP contribution in [-0.4, -0.2) is 23.8 Å². The molecule has 0 aromatic heterocycles. The Hall–Kier alpha value is -3.15. The maximum Gasteiger partial charge on any atom is 0.319 e. The third kappa shape index (κ3) is 6.39. The zero-order valence-corrected chi connectivity index (χ0v) is 14.9. The van der Waals surface area contributed by atoms with E-state index < -0.39 is 0 Å². The van der Waals surface area contributed by atoms with Crippen LogP contribution >= 0.6 is 0 Å². The van der Waals surface area contributed by atoms with Gasteiger partial charge in [0.15, 0.2) is 5.78 Å². The van der Waals surface area contributed by atoms with Crippen LogP contribution in [-0.2, 0) is 4.79 Å². The molecule has 3 N–H and O–H groups in total. The van der Waals surface area contributed by atoms with Crippen LogP contribution in [0.4, 0.5) is 16.2 Å². The van der Waals surface area contributed by atoms with Gasteiger partial charge in [-0.1, -0.05) is 30.3 Å². The molecule has 0 aliphatic rings. The number of carbonyl (C=O) groups is 3. The van der Waals surface area contributed by atoms with Crippen molar-refractivity contribution in [1.29, 1.82) is 0 Å². The van der Waals surface area contributed by atoms with E-state index in [4.69, 9.17) is 0 Å². The van der Waals surface area contributed by atoms with E-state index in [1.807, 2.05) is 19.9 Å². The molecule has 6 heteroatoms. The lowest BCUT2D eigenvalue weighted by molar-refractivity contribution is -0.116. The molecule has 6 nitrogen and oxygen atoms in total. The molecule has 0 fully saturated rings. The highest BCUT2D eigenvalue weighted by Crippen LogP contribution is 2.14. The molecular weight excluding hydrogens is 330 g/mol. The molecule has 0 spiro atoms. The molecule has 136 valence electrons. The van der Waals surface area contributed by atoms with Crippen LogP contribution in [0.1, 0.15) is 37.0 Å². The number of urea groups is 1. The zero-order valence-electron chi connectivity index (χ0n) is 14.9. The van der Waals surface area contributed by atoms with Gasteiger partial charge in [-0.05, 0) is 38.1 Å². The van der Waals surface area contributed by atoms with E-state index >= 15 is 0 Å². The molecule has 2 rings (SSSR count). The summed E-state index contributed by atoms with van der Waals surface area (Å²) in [5.41, 5.74) is 1.84. The second kappa shape index (κ2) is 9.36. The van der Waals surface area contributed by atoms with Gasteiger partial charge in [-0.25, -0.2) is 4.79 Å². The molecule has 0 heterocycles. The van der Waals surface area contributed by atoms with Crippen molar-refractivity contribution in [3.05, 3.63) is 60.2 Å². The molecular formula is C20H23N3O3. The molecule has 0 saturated heterocycles. The van der Waals surface area contributed by atoms with Crippen molar-refractivity contribution in [3.8, 4) is 0 Å². The van der Waals surface area contributed by atoms with Gasteiger partial charge in [-0.15, -0.1) is 0 Å². The Bertz CT molecular complexity index is 756. The van der Waals surface area contributed by atoms with E-state index in [0.717, 1.165) is 0 Å². The van der Waals surface area contributed by atoms with Gasteiger partial charge in [0.1, 0.15) is 0 Å². The van der Waals surface area contributed by atoms with Crippen molar-refractivity contribution in [2.45, 2.75) is 32.7 Å². The van der Waals surface area contributed by atoms with Crippen LogP contribution in [0.3, 0.4) is 0 Å². The molecule has 26 heavy (non-hydrogen) atoms.